The molecule has 2 aromatic rings. The van der Waals surface area contributed by atoms with Gasteiger partial charge in [-0.1, -0.05) is 11.6 Å². The molecule has 1 aliphatic heterocycles. The van der Waals surface area contributed by atoms with Crippen molar-refractivity contribution in [3.05, 3.63) is 58.6 Å². The lowest BCUT2D eigenvalue weighted by molar-refractivity contribution is -0.137. The SMILES string of the molecule is N=C(N)c1ccc(NC(=O)c2cc(Cl)ccc2NCC2CNCCN2CCC(=O)O)cc1. The summed E-state index contributed by atoms with van der Waals surface area (Å²) in [5.74, 6) is -1.18. The molecular weight excluding hydrogens is 432 g/mol. The maximum Gasteiger partial charge on any atom is 0.304 e. The van der Waals surface area contributed by atoms with Gasteiger partial charge in [-0.15, -0.1) is 0 Å². The lowest BCUT2D eigenvalue weighted by Crippen LogP contribution is -2.54. The molecule has 10 heteroatoms. The fraction of sp³-hybridized carbons (Fsp3) is 0.318. The van der Waals surface area contributed by atoms with Crippen molar-refractivity contribution in [2.24, 2.45) is 5.73 Å². The fourth-order valence-electron chi connectivity index (χ4n) is 3.56. The number of carbonyl (C=O) groups excluding carboxylic acids is 1. The van der Waals surface area contributed by atoms with E-state index in [9.17, 15) is 9.59 Å². The number of amides is 1. The summed E-state index contributed by atoms with van der Waals surface area (Å²) in [5, 5.41) is 26.4. The molecule has 2 aromatic carbocycles. The summed E-state index contributed by atoms with van der Waals surface area (Å²) in [6.07, 6.45) is 0.0908. The summed E-state index contributed by atoms with van der Waals surface area (Å²) < 4.78 is 0. The molecule has 1 fully saturated rings. The van der Waals surface area contributed by atoms with Gasteiger partial charge in [0.25, 0.3) is 5.91 Å². The zero-order valence-corrected chi connectivity index (χ0v) is 18.3. The van der Waals surface area contributed by atoms with Gasteiger partial charge in [0.1, 0.15) is 5.84 Å². The molecule has 1 amide bonds. The van der Waals surface area contributed by atoms with Gasteiger partial charge in [0.15, 0.2) is 0 Å². The molecule has 170 valence electrons. The minimum atomic E-state index is -0.816. The van der Waals surface area contributed by atoms with Crippen LogP contribution >= 0.6 is 11.6 Å². The molecule has 0 bridgehead atoms. The fourth-order valence-corrected chi connectivity index (χ4v) is 3.73. The average Bonchev–Trinajstić information content (AvgIpc) is 2.77. The second-order valence-electron chi connectivity index (χ2n) is 7.55. The van der Waals surface area contributed by atoms with E-state index < -0.39 is 5.97 Å². The van der Waals surface area contributed by atoms with E-state index in [0.29, 0.717) is 40.6 Å². The Hall–Kier alpha value is -3.14. The number of halogens is 1. The first-order chi connectivity index (χ1) is 15.3. The smallest absolute Gasteiger partial charge is 0.304 e. The average molecular weight is 459 g/mol. The molecule has 0 aromatic heterocycles. The Kier molecular flexibility index (Phi) is 8.04. The van der Waals surface area contributed by atoms with Gasteiger partial charge in [0.05, 0.1) is 12.0 Å². The Labute approximate surface area is 191 Å². The number of aliphatic carboxylic acids is 1. The third kappa shape index (κ3) is 6.43. The van der Waals surface area contributed by atoms with Crippen LogP contribution in [0.3, 0.4) is 0 Å². The molecule has 0 spiro atoms. The van der Waals surface area contributed by atoms with Gasteiger partial charge < -0.3 is 26.8 Å². The lowest BCUT2D eigenvalue weighted by atomic mass is 10.1. The van der Waals surface area contributed by atoms with Gasteiger partial charge >= 0.3 is 5.97 Å². The van der Waals surface area contributed by atoms with Gasteiger partial charge in [-0.25, -0.2) is 0 Å². The van der Waals surface area contributed by atoms with Crippen molar-refractivity contribution in [1.29, 1.82) is 5.41 Å². The number of carbonyl (C=O) groups is 2. The highest BCUT2D eigenvalue weighted by molar-refractivity contribution is 6.31. The van der Waals surface area contributed by atoms with Crippen molar-refractivity contribution < 1.29 is 14.7 Å². The first kappa shape index (κ1) is 23.5. The molecule has 1 aliphatic rings. The van der Waals surface area contributed by atoms with Crippen LogP contribution in [0.2, 0.25) is 5.02 Å². The predicted octanol–water partition coefficient (Wildman–Crippen LogP) is 2.04. The molecule has 1 saturated heterocycles. The van der Waals surface area contributed by atoms with Crippen molar-refractivity contribution in [2.75, 3.05) is 43.4 Å². The van der Waals surface area contributed by atoms with E-state index in [-0.39, 0.29) is 24.2 Å². The zero-order valence-electron chi connectivity index (χ0n) is 17.5. The molecule has 0 aliphatic carbocycles. The second-order valence-corrected chi connectivity index (χ2v) is 7.99. The monoisotopic (exact) mass is 458 g/mol. The predicted molar refractivity (Wildman–Crippen MR) is 126 cm³/mol. The Morgan fingerprint density at radius 2 is 2.00 bits per heavy atom. The summed E-state index contributed by atoms with van der Waals surface area (Å²) >= 11 is 6.14. The normalized spacial score (nSPS) is 16.3. The maximum atomic E-state index is 12.9. The third-order valence-corrected chi connectivity index (χ3v) is 5.53. The van der Waals surface area contributed by atoms with E-state index in [2.05, 4.69) is 20.9 Å². The van der Waals surface area contributed by atoms with Crippen LogP contribution in [0.1, 0.15) is 22.3 Å². The zero-order chi connectivity index (χ0) is 23.1. The van der Waals surface area contributed by atoms with Gasteiger partial charge in [-0.3, -0.25) is 19.9 Å². The Morgan fingerprint density at radius 1 is 1.25 bits per heavy atom. The minimum Gasteiger partial charge on any atom is -0.481 e. The van der Waals surface area contributed by atoms with Gasteiger partial charge in [-0.05, 0) is 42.5 Å². The summed E-state index contributed by atoms with van der Waals surface area (Å²) in [4.78, 5) is 26.0. The standard InChI is InChI=1S/C22H27ClN6O3/c23-15-3-6-19(27-13-17-12-26-8-10-29(17)9-7-20(30)31)18(11-15)22(32)28-16-4-1-14(2-5-16)21(24)25/h1-6,11,17,26-27H,7-10,12-13H2,(H3,24,25)(H,28,32)(H,30,31). The molecule has 1 heterocycles. The lowest BCUT2D eigenvalue weighted by Gasteiger charge is -2.36. The van der Waals surface area contributed by atoms with E-state index in [1.54, 1.807) is 42.5 Å². The van der Waals surface area contributed by atoms with Crippen LogP contribution in [0.15, 0.2) is 42.5 Å². The van der Waals surface area contributed by atoms with Gasteiger partial charge in [0.2, 0.25) is 0 Å². The third-order valence-electron chi connectivity index (χ3n) is 5.29. The Morgan fingerprint density at radius 3 is 2.69 bits per heavy atom. The first-order valence-electron chi connectivity index (χ1n) is 10.3. The van der Waals surface area contributed by atoms with Crippen molar-refractivity contribution in [1.82, 2.24) is 10.2 Å². The highest BCUT2D eigenvalue weighted by Crippen LogP contribution is 2.23. The van der Waals surface area contributed by atoms with Crippen LogP contribution < -0.4 is 21.7 Å². The molecule has 7 N–H and O–H groups in total. The summed E-state index contributed by atoms with van der Waals surface area (Å²) in [5.41, 5.74) is 7.64. The van der Waals surface area contributed by atoms with E-state index in [4.69, 9.17) is 27.9 Å². The van der Waals surface area contributed by atoms with Crippen LogP contribution in [0, 0.1) is 5.41 Å². The number of hydrogen-bond acceptors (Lipinski definition) is 6. The van der Waals surface area contributed by atoms with Gasteiger partial charge in [-0.2, -0.15) is 0 Å². The van der Waals surface area contributed by atoms with Crippen LogP contribution in [-0.4, -0.2) is 66.5 Å². The number of nitrogens with one attached hydrogen (secondary N) is 4. The molecule has 0 saturated carbocycles. The van der Waals surface area contributed by atoms with E-state index in [1.165, 1.54) is 0 Å². The van der Waals surface area contributed by atoms with Crippen molar-refractivity contribution in [3.63, 3.8) is 0 Å². The molecular formula is C22H27ClN6O3. The number of carboxylic acid groups (broad SMARTS) is 1. The van der Waals surface area contributed by atoms with Crippen molar-refractivity contribution in [3.8, 4) is 0 Å². The van der Waals surface area contributed by atoms with Crippen LogP contribution in [0.5, 0.6) is 0 Å². The first-order valence-corrected chi connectivity index (χ1v) is 10.7. The number of piperazine rings is 1. The van der Waals surface area contributed by atoms with Crippen LogP contribution in [0.4, 0.5) is 11.4 Å². The summed E-state index contributed by atoms with van der Waals surface area (Å²) in [7, 11) is 0. The van der Waals surface area contributed by atoms with Crippen LogP contribution in [0.25, 0.3) is 0 Å². The van der Waals surface area contributed by atoms with Gasteiger partial charge in [0, 0.05) is 60.7 Å². The second kappa shape index (κ2) is 10.9. The number of rotatable bonds is 9. The quantitative estimate of drug-likeness (QED) is 0.249. The number of hydrogen-bond donors (Lipinski definition) is 6. The number of carboxylic acids is 1. The Balaban J connectivity index is 1.69. The van der Waals surface area contributed by atoms with E-state index >= 15 is 0 Å². The molecule has 32 heavy (non-hydrogen) atoms. The molecule has 1 atom stereocenters. The molecule has 3 rings (SSSR count). The van der Waals surface area contributed by atoms with E-state index in [1.807, 2.05) is 0 Å². The highest BCUT2D eigenvalue weighted by Gasteiger charge is 2.23. The highest BCUT2D eigenvalue weighted by atomic mass is 35.5. The number of amidine groups is 1. The number of nitrogens with two attached hydrogens (primary N) is 1. The van der Waals surface area contributed by atoms with Crippen LogP contribution in [-0.2, 0) is 4.79 Å². The number of benzene rings is 2. The molecule has 0 radical (unpaired) electrons. The number of nitrogens with zero attached hydrogens (tertiary/aromatic N) is 1. The largest absolute Gasteiger partial charge is 0.481 e. The molecule has 9 nitrogen and oxygen atoms in total. The minimum absolute atomic E-state index is 0.0428. The molecule has 1 unspecified atom stereocenters. The number of anilines is 2. The van der Waals surface area contributed by atoms with Crippen molar-refractivity contribution in [2.45, 2.75) is 12.5 Å². The summed E-state index contributed by atoms with van der Waals surface area (Å²) in [6, 6.07) is 11.9. The topological polar surface area (TPSA) is 144 Å². The van der Waals surface area contributed by atoms with Crippen molar-refractivity contribution >= 4 is 40.7 Å². The number of nitrogen functional groups attached to an aromatic ring is 1. The summed E-state index contributed by atoms with van der Waals surface area (Å²) in [6.45, 7) is 3.33. The maximum absolute atomic E-state index is 12.9. The Bertz CT molecular complexity index is 982. The van der Waals surface area contributed by atoms with E-state index in [0.717, 1.165) is 19.6 Å².